The van der Waals surface area contributed by atoms with Crippen LogP contribution in [-0.4, -0.2) is 38.9 Å². The molecule has 0 saturated carbocycles. The molecule has 2 heterocycles. The van der Waals surface area contributed by atoms with Gasteiger partial charge in [0.2, 0.25) is 10.0 Å². The highest BCUT2D eigenvalue weighted by atomic mass is 32.2. The van der Waals surface area contributed by atoms with Crippen LogP contribution in [0.3, 0.4) is 0 Å². The molecule has 0 aromatic heterocycles. The number of halogens is 2. The quantitative estimate of drug-likeness (QED) is 0.876. The second-order valence-electron chi connectivity index (χ2n) is 5.08. The molecule has 2 aliphatic heterocycles. The fourth-order valence-electron chi connectivity index (χ4n) is 2.79. The Morgan fingerprint density at radius 1 is 1.11 bits per heavy atom. The lowest BCUT2D eigenvalue weighted by Gasteiger charge is -2.17. The first-order chi connectivity index (χ1) is 8.98. The molecule has 19 heavy (non-hydrogen) atoms. The van der Waals surface area contributed by atoms with Crippen molar-refractivity contribution in [1.29, 1.82) is 0 Å². The van der Waals surface area contributed by atoms with Crippen molar-refractivity contribution in [2.24, 2.45) is 11.8 Å². The average Bonchev–Trinajstić information content (AvgIpc) is 2.93. The molecule has 0 bridgehead atoms. The first kappa shape index (κ1) is 13.0. The van der Waals surface area contributed by atoms with Gasteiger partial charge in [0.25, 0.3) is 0 Å². The van der Waals surface area contributed by atoms with Gasteiger partial charge in [-0.3, -0.25) is 0 Å². The highest BCUT2D eigenvalue weighted by Gasteiger charge is 2.41. The van der Waals surface area contributed by atoms with E-state index in [9.17, 15) is 17.2 Å². The number of nitrogens with one attached hydrogen (secondary N) is 1. The maximum atomic E-state index is 13.2. The Labute approximate surface area is 110 Å². The van der Waals surface area contributed by atoms with E-state index in [1.54, 1.807) is 0 Å². The van der Waals surface area contributed by atoms with Gasteiger partial charge >= 0.3 is 0 Å². The Morgan fingerprint density at radius 3 is 2.32 bits per heavy atom. The summed E-state index contributed by atoms with van der Waals surface area (Å²) in [6.45, 7) is 2.51. The molecular formula is C12H14F2N2O2S. The molecule has 2 atom stereocenters. The maximum absolute atomic E-state index is 13.2. The Bertz CT molecular complexity index is 594. The van der Waals surface area contributed by atoms with E-state index in [4.69, 9.17) is 0 Å². The van der Waals surface area contributed by atoms with Crippen molar-refractivity contribution in [1.82, 2.24) is 9.62 Å². The van der Waals surface area contributed by atoms with E-state index >= 15 is 0 Å². The van der Waals surface area contributed by atoms with E-state index in [1.807, 2.05) is 0 Å². The summed E-state index contributed by atoms with van der Waals surface area (Å²) in [5.74, 6) is -1.54. The molecule has 1 N–H and O–H groups in total. The van der Waals surface area contributed by atoms with Crippen molar-refractivity contribution in [2.75, 3.05) is 26.2 Å². The molecule has 0 radical (unpaired) electrons. The van der Waals surface area contributed by atoms with Crippen molar-refractivity contribution in [3.05, 3.63) is 29.8 Å². The SMILES string of the molecule is O=S(=O)(c1ccc(F)c(F)c1)N1CC2CNCC2C1. The Balaban J connectivity index is 1.88. The molecule has 0 aliphatic carbocycles. The van der Waals surface area contributed by atoms with Crippen LogP contribution in [0.1, 0.15) is 0 Å². The number of sulfonamides is 1. The van der Waals surface area contributed by atoms with Crippen LogP contribution in [0.5, 0.6) is 0 Å². The van der Waals surface area contributed by atoms with E-state index in [0.29, 0.717) is 24.9 Å². The van der Waals surface area contributed by atoms with Crippen LogP contribution in [0.4, 0.5) is 8.78 Å². The van der Waals surface area contributed by atoms with Gasteiger partial charge in [0.05, 0.1) is 4.90 Å². The standard InChI is InChI=1S/C12H14F2N2O2S/c13-11-2-1-10(3-12(11)14)19(17,18)16-6-8-4-15-5-9(8)7-16/h1-3,8-9,15H,4-7H2. The normalized spacial score (nSPS) is 27.7. The second-order valence-corrected chi connectivity index (χ2v) is 7.01. The van der Waals surface area contributed by atoms with Crippen LogP contribution in [0.2, 0.25) is 0 Å². The summed E-state index contributed by atoms with van der Waals surface area (Å²) in [5.41, 5.74) is 0. The monoisotopic (exact) mass is 288 g/mol. The molecule has 7 heteroatoms. The molecule has 4 nitrogen and oxygen atoms in total. The van der Waals surface area contributed by atoms with Gasteiger partial charge < -0.3 is 5.32 Å². The van der Waals surface area contributed by atoms with E-state index in [-0.39, 0.29) is 4.90 Å². The largest absolute Gasteiger partial charge is 0.316 e. The van der Waals surface area contributed by atoms with E-state index < -0.39 is 21.7 Å². The third kappa shape index (κ3) is 2.15. The van der Waals surface area contributed by atoms with Crippen LogP contribution in [0, 0.1) is 23.5 Å². The van der Waals surface area contributed by atoms with E-state index in [1.165, 1.54) is 4.31 Å². The predicted molar refractivity (Wildman–Crippen MR) is 65.0 cm³/mol. The zero-order valence-electron chi connectivity index (χ0n) is 10.1. The molecule has 1 aromatic rings. The zero-order chi connectivity index (χ0) is 13.6. The van der Waals surface area contributed by atoms with Crippen LogP contribution >= 0.6 is 0 Å². The summed E-state index contributed by atoms with van der Waals surface area (Å²) < 4.78 is 52.1. The second kappa shape index (κ2) is 4.50. The minimum Gasteiger partial charge on any atom is -0.316 e. The van der Waals surface area contributed by atoms with E-state index in [0.717, 1.165) is 31.3 Å². The van der Waals surface area contributed by atoms with Gasteiger partial charge in [0.15, 0.2) is 11.6 Å². The number of hydrogen-bond acceptors (Lipinski definition) is 3. The third-order valence-electron chi connectivity index (χ3n) is 3.88. The Kier molecular flexibility index (Phi) is 3.07. The predicted octanol–water partition coefficient (Wildman–Crippen LogP) is 0.805. The Morgan fingerprint density at radius 2 is 1.74 bits per heavy atom. The van der Waals surface area contributed by atoms with Crippen LogP contribution < -0.4 is 5.32 Å². The summed E-state index contributed by atoms with van der Waals surface area (Å²) in [4.78, 5) is -0.181. The molecule has 1 aromatic carbocycles. The molecule has 104 valence electrons. The van der Waals surface area contributed by atoms with Gasteiger partial charge in [0, 0.05) is 13.1 Å². The smallest absolute Gasteiger partial charge is 0.243 e. The summed E-state index contributed by atoms with van der Waals surface area (Å²) in [6.07, 6.45) is 0. The van der Waals surface area contributed by atoms with Gasteiger partial charge in [-0.15, -0.1) is 0 Å². The summed E-state index contributed by atoms with van der Waals surface area (Å²) >= 11 is 0. The molecule has 2 unspecified atom stereocenters. The van der Waals surface area contributed by atoms with Gasteiger partial charge in [-0.25, -0.2) is 17.2 Å². The fourth-order valence-corrected chi connectivity index (χ4v) is 4.36. The number of benzene rings is 1. The first-order valence-corrected chi connectivity index (χ1v) is 7.58. The topological polar surface area (TPSA) is 49.4 Å². The fraction of sp³-hybridized carbons (Fsp3) is 0.500. The van der Waals surface area contributed by atoms with Crippen molar-refractivity contribution in [2.45, 2.75) is 4.90 Å². The molecule has 3 rings (SSSR count). The minimum absolute atomic E-state index is 0.181. The number of nitrogens with zero attached hydrogens (tertiary/aromatic N) is 1. The maximum Gasteiger partial charge on any atom is 0.243 e. The van der Waals surface area contributed by atoms with Gasteiger partial charge in [-0.05, 0) is 43.1 Å². The van der Waals surface area contributed by atoms with Crippen molar-refractivity contribution < 1.29 is 17.2 Å². The van der Waals surface area contributed by atoms with Gasteiger partial charge in [-0.1, -0.05) is 0 Å². The summed E-state index contributed by atoms with van der Waals surface area (Å²) in [5, 5.41) is 3.22. The summed E-state index contributed by atoms with van der Waals surface area (Å²) in [6, 6.07) is 2.71. The molecule has 0 amide bonds. The van der Waals surface area contributed by atoms with Crippen molar-refractivity contribution in [3.63, 3.8) is 0 Å². The molecule has 2 fully saturated rings. The molecule has 0 spiro atoms. The average molecular weight is 288 g/mol. The molecule has 2 saturated heterocycles. The third-order valence-corrected chi connectivity index (χ3v) is 5.71. The van der Waals surface area contributed by atoms with Crippen LogP contribution in [-0.2, 0) is 10.0 Å². The van der Waals surface area contributed by atoms with Gasteiger partial charge in [-0.2, -0.15) is 4.31 Å². The van der Waals surface area contributed by atoms with E-state index in [2.05, 4.69) is 5.32 Å². The molecular weight excluding hydrogens is 274 g/mol. The number of rotatable bonds is 2. The lowest BCUT2D eigenvalue weighted by atomic mass is 10.0. The van der Waals surface area contributed by atoms with Crippen LogP contribution in [0.15, 0.2) is 23.1 Å². The minimum atomic E-state index is -3.72. The van der Waals surface area contributed by atoms with Gasteiger partial charge in [0.1, 0.15) is 0 Å². The highest BCUT2D eigenvalue weighted by molar-refractivity contribution is 7.89. The lowest BCUT2D eigenvalue weighted by Crippen LogP contribution is -2.32. The number of fused-ring (bicyclic) bond motifs is 1. The Hall–Kier alpha value is -1.05. The van der Waals surface area contributed by atoms with Crippen LogP contribution in [0.25, 0.3) is 0 Å². The zero-order valence-corrected chi connectivity index (χ0v) is 11.0. The molecule has 2 aliphatic rings. The highest BCUT2D eigenvalue weighted by Crippen LogP contribution is 2.31. The van der Waals surface area contributed by atoms with Crippen molar-refractivity contribution in [3.8, 4) is 0 Å². The summed E-state index contributed by atoms with van der Waals surface area (Å²) in [7, 11) is -3.72. The lowest BCUT2D eigenvalue weighted by molar-refractivity contribution is 0.446. The van der Waals surface area contributed by atoms with Crippen molar-refractivity contribution >= 4 is 10.0 Å². The number of hydrogen-bond donors (Lipinski definition) is 1. The first-order valence-electron chi connectivity index (χ1n) is 6.14.